The summed E-state index contributed by atoms with van der Waals surface area (Å²) in [4.78, 5) is 30.9. The van der Waals surface area contributed by atoms with Crippen molar-refractivity contribution >= 4 is 10.9 Å². The van der Waals surface area contributed by atoms with Gasteiger partial charge in [0.2, 0.25) is 5.92 Å². The Bertz CT molecular complexity index is 1430. The molecule has 0 spiro atoms. The Morgan fingerprint density at radius 2 is 1.78 bits per heavy atom. The summed E-state index contributed by atoms with van der Waals surface area (Å²) >= 11 is 0. The Balaban J connectivity index is 1.41. The predicted octanol–water partition coefficient (Wildman–Crippen LogP) is 4.09. The maximum Gasteiger partial charge on any atom is 0.331 e. The van der Waals surface area contributed by atoms with E-state index in [0.29, 0.717) is 35.7 Å². The molecule has 2 saturated carbocycles. The summed E-state index contributed by atoms with van der Waals surface area (Å²) in [6.07, 6.45) is 7.71. The molecule has 0 amide bonds. The van der Waals surface area contributed by atoms with Crippen molar-refractivity contribution in [2.45, 2.75) is 81.3 Å². The Morgan fingerprint density at radius 3 is 2.50 bits per heavy atom. The van der Waals surface area contributed by atoms with Crippen LogP contribution in [0, 0.1) is 0 Å². The van der Waals surface area contributed by atoms with Gasteiger partial charge in [0, 0.05) is 62.8 Å². The van der Waals surface area contributed by atoms with Crippen LogP contribution >= 0.6 is 0 Å². The van der Waals surface area contributed by atoms with Crippen molar-refractivity contribution in [1.29, 1.82) is 0 Å². The predicted molar refractivity (Wildman–Crippen MR) is 130 cm³/mol. The fourth-order valence-electron chi connectivity index (χ4n) is 5.85. The van der Waals surface area contributed by atoms with Crippen molar-refractivity contribution < 1.29 is 13.5 Å². The molecule has 4 heterocycles. The number of alkyl halides is 2. The second-order valence-corrected chi connectivity index (χ2v) is 10.7. The van der Waals surface area contributed by atoms with Crippen molar-refractivity contribution in [2.75, 3.05) is 6.61 Å². The minimum Gasteiger partial charge on any atom is -0.373 e. The van der Waals surface area contributed by atoms with E-state index in [4.69, 9.17) is 9.72 Å². The number of hydrogen-bond acceptors (Lipinski definition) is 5. The highest BCUT2D eigenvalue weighted by Crippen LogP contribution is 2.43. The van der Waals surface area contributed by atoms with Crippen molar-refractivity contribution in [3.63, 3.8) is 0 Å². The minimum absolute atomic E-state index is 0.0446. The molecule has 3 aromatic rings. The van der Waals surface area contributed by atoms with Crippen LogP contribution in [0.4, 0.5) is 8.78 Å². The van der Waals surface area contributed by atoms with E-state index in [-0.39, 0.29) is 49.2 Å². The van der Waals surface area contributed by atoms with E-state index in [2.05, 4.69) is 11.3 Å². The molecule has 0 aromatic carbocycles. The van der Waals surface area contributed by atoms with Crippen molar-refractivity contribution in [3.05, 3.63) is 56.2 Å². The first-order chi connectivity index (χ1) is 17.2. The number of ether oxygens (including phenoxy) is 1. The number of aryl methyl sites for hydroxylation is 1. The zero-order chi connectivity index (χ0) is 25.2. The second-order valence-electron chi connectivity index (χ2n) is 10.7. The van der Waals surface area contributed by atoms with Gasteiger partial charge in [-0.15, -0.1) is 0 Å². The fourth-order valence-corrected chi connectivity index (χ4v) is 5.85. The van der Waals surface area contributed by atoms with Crippen molar-refractivity contribution in [3.8, 4) is 0 Å². The summed E-state index contributed by atoms with van der Waals surface area (Å²) in [6, 6.07) is 2.30. The number of hydrogen-bond donors (Lipinski definition) is 0. The van der Waals surface area contributed by atoms with Crippen LogP contribution in [0.25, 0.3) is 10.9 Å². The average molecular weight is 500 g/mol. The summed E-state index contributed by atoms with van der Waals surface area (Å²) in [7, 11) is 3.08. The van der Waals surface area contributed by atoms with Gasteiger partial charge in [0.1, 0.15) is 0 Å². The number of nitrogens with zero attached hydrogens (tertiary/aromatic N) is 5. The van der Waals surface area contributed by atoms with Gasteiger partial charge in [0.25, 0.3) is 5.56 Å². The topological polar surface area (TPSA) is 83.9 Å². The van der Waals surface area contributed by atoms with Gasteiger partial charge < -0.3 is 4.74 Å². The lowest BCUT2D eigenvalue weighted by atomic mass is 9.83. The summed E-state index contributed by atoms with van der Waals surface area (Å²) < 4.78 is 38.5. The van der Waals surface area contributed by atoms with Crippen molar-refractivity contribution in [2.24, 2.45) is 14.1 Å². The van der Waals surface area contributed by atoms with Crippen LogP contribution < -0.4 is 11.2 Å². The first-order valence-corrected chi connectivity index (χ1v) is 12.9. The Morgan fingerprint density at radius 1 is 1.03 bits per heavy atom. The van der Waals surface area contributed by atoms with E-state index in [1.807, 2.05) is 10.9 Å². The molecule has 0 radical (unpaired) electrons. The monoisotopic (exact) mass is 499 g/mol. The van der Waals surface area contributed by atoms with Gasteiger partial charge in [-0.2, -0.15) is 5.10 Å². The van der Waals surface area contributed by atoms with Crippen LogP contribution in [-0.2, 0) is 18.8 Å². The van der Waals surface area contributed by atoms with Crippen molar-refractivity contribution in [1.82, 2.24) is 23.9 Å². The highest BCUT2D eigenvalue weighted by atomic mass is 19.3. The van der Waals surface area contributed by atoms with Gasteiger partial charge in [-0.3, -0.25) is 23.6 Å². The lowest BCUT2D eigenvalue weighted by Crippen LogP contribution is -2.38. The van der Waals surface area contributed by atoms with Crippen LogP contribution in [0.3, 0.4) is 0 Å². The van der Waals surface area contributed by atoms with E-state index >= 15 is 0 Å². The molecule has 3 aliphatic rings. The molecule has 10 heteroatoms. The van der Waals surface area contributed by atoms with Gasteiger partial charge in [0.05, 0.1) is 34.9 Å². The number of pyridine rings is 1. The third kappa shape index (κ3) is 4.09. The van der Waals surface area contributed by atoms with Crippen LogP contribution in [0.5, 0.6) is 0 Å². The molecule has 2 atom stereocenters. The smallest absolute Gasteiger partial charge is 0.331 e. The normalized spacial score (nSPS) is 24.9. The lowest BCUT2D eigenvalue weighted by molar-refractivity contribution is -0.0384. The van der Waals surface area contributed by atoms with E-state index in [1.165, 1.54) is 11.6 Å². The van der Waals surface area contributed by atoms with Crippen LogP contribution in [0.1, 0.15) is 92.3 Å². The van der Waals surface area contributed by atoms with E-state index < -0.39 is 11.6 Å². The van der Waals surface area contributed by atoms with Crippen LogP contribution in [0.15, 0.2) is 28.0 Å². The summed E-state index contributed by atoms with van der Waals surface area (Å²) in [5.41, 5.74) is 2.06. The zero-order valence-electron chi connectivity index (χ0n) is 20.6. The van der Waals surface area contributed by atoms with Gasteiger partial charge in [-0.25, -0.2) is 13.6 Å². The summed E-state index contributed by atoms with van der Waals surface area (Å²) in [6.45, 7) is 0.555. The van der Waals surface area contributed by atoms with Gasteiger partial charge in [-0.1, -0.05) is 0 Å². The van der Waals surface area contributed by atoms with E-state index in [1.54, 1.807) is 13.1 Å². The maximum atomic E-state index is 13.9. The number of halogens is 2. The molecular formula is C26H31F2N5O3. The Labute approximate surface area is 206 Å². The van der Waals surface area contributed by atoms with Gasteiger partial charge in [0.15, 0.2) is 0 Å². The first kappa shape index (κ1) is 23.5. The lowest BCUT2D eigenvalue weighted by Gasteiger charge is -2.31. The quantitative estimate of drug-likeness (QED) is 0.540. The molecule has 6 rings (SSSR count). The second kappa shape index (κ2) is 8.61. The molecule has 0 bridgehead atoms. The number of fused-ring (bicyclic) bond motifs is 1. The standard InChI is InChI=1S/C26H31F2N5O3/c1-31-23-19(24(34)32(2)25(31)35)12-20(30-22(23)15-5-8-26(27,28)9-6-15)16-7-10-36-21(11-16)17-13-29-33(14-17)18-3-4-18/h12-16,18,21H,3-11H2,1-2H3. The zero-order valence-corrected chi connectivity index (χ0v) is 20.6. The largest absolute Gasteiger partial charge is 0.373 e. The molecule has 3 fully saturated rings. The fraction of sp³-hybridized carbons (Fsp3) is 0.615. The molecule has 192 valence electrons. The van der Waals surface area contributed by atoms with Gasteiger partial charge >= 0.3 is 5.69 Å². The van der Waals surface area contributed by atoms with Gasteiger partial charge in [-0.05, 0) is 44.6 Å². The molecule has 2 unspecified atom stereocenters. The molecule has 8 nitrogen and oxygen atoms in total. The SMILES string of the molecule is Cn1c(=O)c2cc(C3CCOC(c4cnn(C5CC5)c4)C3)nc(C3CCC(F)(F)CC3)c2n(C)c1=O. The molecule has 3 aromatic heterocycles. The molecule has 2 aliphatic carbocycles. The third-order valence-electron chi connectivity index (χ3n) is 8.20. The summed E-state index contributed by atoms with van der Waals surface area (Å²) in [5, 5.41) is 4.92. The molecule has 1 aliphatic heterocycles. The average Bonchev–Trinajstić information content (AvgIpc) is 3.61. The summed E-state index contributed by atoms with van der Waals surface area (Å²) in [5.74, 6) is -2.86. The Hall–Kier alpha value is -2.88. The molecule has 1 saturated heterocycles. The maximum absolute atomic E-state index is 13.9. The minimum atomic E-state index is -2.68. The Kier molecular flexibility index (Phi) is 5.62. The molecule has 36 heavy (non-hydrogen) atoms. The number of rotatable bonds is 4. The van der Waals surface area contributed by atoms with Crippen LogP contribution in [0.2, 0.25) is 0 Å². The van der Waals surface area contributed by atoms with E-state index in [0.717, 1.165) is 35.1 Å². The highest BCUT2D eigenvalue weighted by Gasteiger charge is 2.37. The highest BCUT2D eigenvalue weighted by molar-refractivity contribution is 5.81. The van der Waals surface area contributed by atoms with Crippen LogP contribution in [-0.4, -0.2) is 36.4 Å². The molecule has 0 N–H and O–H groups in total. The third-order valence-corrected chi connectivity index (χ3v) is 8.20. The first-order valence-electron chi connectivity index (χ1n) is 12.9. The van der Waals surface area contributed by atoms with E-state index in [9.17, 15) is 18.4 Å². The molecular weight excluding hydrogens is 468 g/mol. The number of aromatic nitrogens is 5.